The zero-order valence-electron chi connectivity index (χ0n) is 9.15. The number of hydrogen-bond acceptors (Lipinski definition) is 2. The second-order valence-electron chi connectivity index (χ2n) is 3.79. The van der Waals surface area contributed by atoms with Gasteiger partial charge in [-0.25, -0.2) is 13.6 Å². The van der Waals surface area contributed by atoms with Crippen molar-refractivity contribution in [3.05, 3.63) is 35.4 Å². The van der Waals surface area contributed by atoms with E-state index in [-0.39, 0.29) is 12.0 Å². The number of halogens is 2. The Balaban J connectivity index is 2.66. The average Bonchev–Trinajstić information content (AvgIpc) is 2.14. The van der Waals surface area contributed by atoms with Crippen molar-refractivity contribution in [3.8, 4) is 0 Å². The van der Waals surface area contributed by atoms with Gasteiger partial charge in [0, 0.05) is 12.5 Å². The van der Waals surface area contributed by atoms with Gasteiger partial charge in [-0.3, -0.25) is 0 Å². The van der Waals surface area contributed by atoms with Crippen LogP contribution in [0, 0.1) is 11.6 Å². The maximum atomic E-state index is 12.9. The van der Waals surface area contributed by atoms with Crippen LogP contribution >= 0.6 is 0 Å². The van der Waals surface area contributed by atoms with Gasteiger partial charge in [-0.05, 0) is 24.6 Å². The molecule has 1 rings (SSSR count). The van der Waals surface area contributed by atoms with Gasteiger partial charge in [0.2, 0.25) is 0 Å². The zero-order chi connectivity index (χ0) is 13.0. The molecule has 0 saturated heterocycles. The van der Waals surface area contributed by atoms with Gasteiger partial charge in [-0.15, -0.1) is 0 Å². The number of amides is 1. The van der Waals surface area contributed by atoms with Crippen molar-refractivity contribution in [2.45, 2.75) is 25.5 Å². The molecule has 4 nitrogen and oxygen atoms in total. The minimum Gasteiger partial charge on any atom is -0.465 e. The van der Waals surface area contributed by atoms with E-state index < -0.39 is 29.9 Å². The Morgan fingerprint density at radius 2 is 1.88 bits per heavy atom. The summed E-state index contributed by atoms with van der Waals surface area (Å²) in [4.78, 5) is 10.3. The highest BCUT2D eigenvalue weighted by atomic mass is 19.1. The first-order valence-corrected chi connectivity index (χ1v) is 5.01. The first kappa shape index (κ1) is 13.4. The quantitative estimate of drug-likeness (QED) is 0.753. The van der Waals surface area contributed by atoms with Gasteiger partial charge in [-0.2, -0.15) is 0 Å². The van der Waals surface area contributed by atoms with E-state index in [0.717, 1.165) is 18.2 Å². The number of aliphatic hydroxyl groups excluding tert-OH is 1. The number of carbonyl (C=O) groups is 1. The SMILES string of the molecule is CC(NC(=O)O)C(O)Cc1cc(F)cc(F)c1. The van der Waals surface area contributed by atoms with Crippen molar-refractivity contribution in [2.75, 3.05) is 0 Å². The van der Waals surface area contributed by atoms with Gasteiger partial charge >= 0.3 is 6.09 Å². The van der Waals surface area contributed by atoms with Crippen molar-refractivity contribution in [3.63, 3.8) is 0 Å². The fourth-order valence-electron chi connectivity index (χ4n) is 1.44. The molecular formula is C11H13F2NO3. The van der Waals surface area contributed by atoms with E-state index in [0.29, 0.717) is 0 Å². The zero-order valence-corrected chi connectivity index (χ0v) is 9.15. The summed E-state index contributed by atoms with van der Waals surface area (Å²) in [6.45, 7) is 1.47. The Labute approximate surface area is 96.9 Å². The van der Waals surface area contributed by atoms with E-state index in [9.17, 15) is 18.7 Å². The average molecular weight is 245 g/mol. The van der Waals surface area contributed by atoms with Crippen LogP contribution in [0.15, 0.2) is 18.2 Å². The Bertz CT molecular complexity index is 391. The molecule has 94 valence electrons. The lowest BCUT2D eigenvalue weighted by atomic mass is 10.0. The predicted molar refractivity (Wildman–Crippen MR) is 56.7 cm³/mol. The third kappa shape index (κ3) is 4.36. The minimum atomic E-state index is -1.26. The molecule has 0 radical (unpaired) electrons. The second kappa shape index (κ2) is 5.58. The molecule has 0 bridgehead atoms. The number of rotatable bonds is 4. The van der Waals surface area contributed by atoms with Crippen LogP contribution in [0.3, 0.4) is 0 Å². The van der Waals surface area contributed by atoms with Gasteiger partial charge < -0.3 is 15.5 Å². The van der Waals surface area contributed by atoms with Crippen LogP contribution in [0.25, 0.3) is 0 Å². The van der Waals surface area contributed by atoms with Gasteiger partial charge in [0.25, 0.3) is 0 Å². The summed E-state index contributed by atoms with van der Waals surface area (Å²) in [5.74, 6) is -1.46. The molecule has 2 atom stereocenters. The standard InChI is InChI=1S/C11H13F2NO3/c1-6(14-11(16)17)10(15)4-7-2-8(12)5-9(13)3-7/h2-3,5-6,10,14-15H,4H2,1H3,(H,16,17). The number of nitrogens with one attached hydrogen (secondary N) is 1. The summed E-state index contributed by atoms with van der Waals surface area (Å²) in [5.41, 5.74) is 0.272. The number of hydrogen-bond donors (Lipinski definition) is 3. The van der Waals surface area contributed by atoms with Crippen LogP contribution in [0.1, 0.15) is 12.5 Å². The number of carboxylic acid groups (broad SMARTS) is 1. The van der Waals surface area contributed by atoms with Crippen LogP contribution in [-0.4, -0.2) is 28.5 Å². The molecule has 0 spiro atoms. The normalized spacial score (nSPS) is 14.1. The van der Waals surface area contributed by atoms with Crippen LogP contribution in [0.2, 0.25) is 0 Å². The van der Waals surface area contributed by atoms with Crippen molar-refractivity contribution in [1.82, 2.24) is 5.32 Å². The Morgan fingerprint density at radius 3 is 2.35 bits per heavy atom. The highest BCUT2D eigenvalue weighted by molar-refractivity contribution is 5.64. The fraction of sp³-hybridized carbons (Fsp3) is 0.364. The second-order valence-corrected chi connectivity index (χ2v) is 3.79. The lowest BCUT2D eigenvalue weighted by molar-refractivity contribution is 0.126. The summed E-state index contributed by atoms with van der Waals surface area (Å²) in [5, 5.41) is 20.1. The lowest BCUT2D eigenvalue weighted by Crippen LogP contribution is -2.41. The summed E-state index contributed by atoms with van der Waals surface area (Å²) in [6.07, 6.45) is -2.34. The van der Waals surface area contributed by atoms with Crippen molar-refractivity contribution >= 4 is 6.09 Å². The summed E-state index contributed by atoms with van der Waals surface area (Å²) in [7, 11) is 0. The molecule has 0 saturated carbocycles. The third-order valence-corrected chi connectivity index (χ3v) is 2.30. The van der Waals surface area contributed by atoms with E-state index in [1.807, 2.05) is 0 Å². The van der Waals surface area contributed by atoms with Crippen LogP contribution in [-0.2, 0) is 6.42 Å². The lowest BCUT2D eigenvalue weighted by Gasteiger charge is -2.18. The maximum absolute atomic E-state index is 12.9. The molecule has 0 aliphatic rings. The molecule has 0 heterocycles. The molecule has 1 aromatic carbocycles. The highest BCUT2D eigenvalue weighted by Gasteiger charge is 2.17. The van der Waals surface area contributed by atoms with E-state index in [4.69, 9.17) is 5.11 Å². The predicted octanol–water partition coefficient (Wildman–Crippen LogP) is 1.52. The Morgan fingerprint density at radius 1 is 1.35 bits per heavy atom. The number of benzene rings is 1. The summed E-state index contributed by atoms with van der Waals surface area (Å²) in [6, 6.07) is 2.20. The topological polar surface area (TPSA) is 69.6 Å². The summed E-state index contributed by atoms with van der Waals surface area (Å²) < 4.78 is 25.7. The summed E-state index contributed by atoms with van der Waals surface area (Å²) >= 11 is 0. The molecule has 0 fully saturated rings. The van der Waals surface area contributed by atoms with Crippen molar-refractivity contribution in [2.24, 2.45) is 0 Å². The molecule has 1 amide bonds. The molecule has 6 heteroatoms. The van der Waals surface area contributed by atoms with Crippen LogP contribution < -0.4 is 5.32 Å². The largest absolute Gasteiger partial charge is 0.465 e. The van der Waals surface area contributed by atoms with Crippen molar-refractivity contribution < 1.29 is 23.8 Å². The van der Waals surface area contributed by atoms with E-state index in [2.05, 4.69) is 5.32 Å². The maximum Gasteiger partial charge on any atom is 0.404 e. The third-order valence-electron chi connectivity index (χ3n) is 2.30. The minimum absolute atomic E-state index is 0.0316. The van der Waals surface area contributed by atoms with Gasteiger partial charge in [-0.1, -0.05) is 0 Å². The van der Waals surface area contributed by atoms with Gasteiger partial charge in [0.05, 0.1) is 12.1 Å². The molecule has 0 aliphatic carbocycles. The van der Waals surface area contributed by atoms with Crippen LogP contribution in [0.5, 0.6) is 0 Å². The molecule has 0 aliphatic heterocycles. The van der Waals surface area contributed by atoms with Crippen molar-refractivity contribution in [1.29, 1.82) is 0 Å². The van der Waals surface area contributed by atoms with Gasteiger partial charge in [0.15, 0.2) is 0 Å². The first-order valence-electron chi connectivity index (χ1n) is 5.01. The Kier molecular flexibility index (Phi) is 4.39. The smallest absolute Gasteiger partial charge is 0.404 e. The number of aliphatic hydroxyl groups is 1. The Hall–Kier alpha value is -1.69. The first-order chi connectivity index (χ1) is 7.88. The van der Waals surface area contributed by atoms with E-state index >= 15 is 0 Å². The fourth-order valence-corrected chi connectivity index (χ4v) is 1.44. The highest BCUT2D eigenvalue weighted by Crippen LogP contribution is 2.11. The molecule has 0 aromatic heterocycles. The molecular weight excluding hydrogens is 232 g/mol. The van der Waals surface area contributed by atoms with Crippen LogP contribution in [0.4, 0.5) is 13.6 Å². The van der Waals surface area contributed by atoms with E-state index in [1.165, 1.54) is 6.92 Å². The molecule has 3 N–H and O–H groups in total. The molecule has 2 unspecified atom stereocenters. The molecule has 1 aromatic rings. The monoisotopic (exact) mass is 245 g/mol. The molecule has 17 heavy (non-hydrogen) atoms. The van der Waals surface area contributed by atoms with E-state index in [1.54, 1.807) is 0 Å². The van der Waals surface area contributed by atoms with Gasteiger partial charge in [0.1, 0.15) is 11.6 Å².